The first-order valence-corrected chi connectivity index (χ1v) is 9.38. The summed E-state index contributed by atoms with van der Waals surface area (Å²) in [5.41, 5.74) is 11.3. The number of morpholine rings is 1. The number of hydrogen-bond donors (Lipinski definition) is 1. The molecule has 2 aromatic rings. The first-order valence-electron chi connectivity index (χ1n) is 9.38. The van der Waals surface area contributed by atoms with Crippen LogP contribution in [0.4, 0.5) is 0 Å². The van der Waals surface area contributed by atoms with E-state index in [-0.39, 0.29) is 0 Å². The predicted molar refractivity (Wildman–Crippen MR) is 101 cm³/mol. The van der Waals surface area contributed by atoms with Crippen LogP contribution in [0.2, 0.25) is 0 Å². The van der Waals surface area contributed by atoms with Crippen LogP contribution in [0.25, 0.3) is 11.3 Å². The van der Waals surface area contributed by atoms with E-state index in [1.165, 1.54) is 11.1 Å². The van der Waals surface area contributed by atoms with Crippen molar-refractivity contribution in [2.45, 2.75) is 32.2 Å². The molecule has 1 aromatic carbocycles. The number of aromatic nitrogens is 1. The van der Waals surface area contributed by atoms with Gasteiger partial charge in [0.2, 0.25) is 0 Å². The summed E-state index contributed by atoms with van der Waals surface area (Å²) in [4.78, 5) is 19.2. The maximum atomic E-state index is 11.9. The summed E-state index contributed by atoms with van der Waals surface area (Å²) in [5.74, 6) is -0.409. The number of amides is 1. The lowest BCUT2D eigenvalue weighted by atomic mass is 9.99. The minimum Gasteiger partial charge on any atom is -0.379 e. The SMILES string of the molecule is C[C@H](c1ccc(-c2nc3c(cc2C(N)=O)CCC3)cc1)N1CCOCC1. The number of pyridine rings is 1. The molecule has 0 radical (unpaired) electrons. The van der Waals surface area contributed by atoms with Gasteiger partial charge in [-0.1, -0.05) is 24.3 Å². The number of hydrogen-bond acceptors (Lipinski definition) is 4. The van der Waals surface area contributed by atoms with Crippen molar-refractivity contribution in [1.29, 1.82) is 0 Å². The lowest BCUT2D eigenvalue weighted by molar-refractivity contribution is 0.0198. The van der Waals surface area contributed by atoms with Crippen LogP contribution in [-0.4, -0.2) is 42.1 Å². The van der Waals surface area contributed by atoms with Crippen molar-refractivity contribution < 1.29 is 9.53 Å². The van der Waals surface area contributed by atoms with Gasteiger partial charge in [0.25, 0.3) is 5.91 Å². The van der Waals surface area contributed by atoms with Crippen LogP contribution in [0.5, 0.6) is 0 Å². The topological polar surface area (TPSA) is 68.5 Å². The van der Waals surface area contributed by atoms with Crippen LogP contribution in [0, 0.1) is 0 Å². The zero-order chi connectivity index (χ0) is 18.1. The van der Waals surface area contributed by atoms with Crippen LogP contribution in [0.15, 0.2) is 30.3 Å². The first-order chi connectivity index (χ1) is 12.6. The van der Waals surface area contributed by atoms with Gasteiger partial charge in [-0.15, -0.1) is 0 Å². The summed E-state index contributed by atoms with van der Waals surface area (Å²) in [7, 11) is 0. The van der Waals surface area contributed by atoms with Gasteiger partial charge in [0.15, 0.2) is 0 Å². The minimum atomic E-state index is -0.409. The molecule has 1 aliphatic heterocycles. The summed E-state index contributed by atoms with van der Waals surface area (Å²) in [6, 6.07) is 10.7. The Morgan fingerprint density at radius 2 is 1.92 bits per heavy atom. The minimum absolute atomic E-state index is 0.344. The molecular formula is C21H25N3O2. The van der Waals surface area contributed by atoms with Crippen LogP contribution < -0.4 is 5.73 Å². The van der Waals surface area contributed by atoms with E-state index >= 15 is 0 Å². The van der Waals surface area contributed by atoms with Gasteiger partial charge < -0.3 is 10.5 Å². The standard InChI is InChI=1S/C21H25N3O2/c1-14(24-9-11-26-12-10-24)15-5-7-16(8-6-15)20-18(21(22)25)13-17-3-2-4-19(17)23-20/h5-8,13-14H,2-4,9-12H2,1H3,(H2,22,25)/t14-/m1/s1. The van der Waals surface area contributed by atoms with E-state index in [9.17, 15) is 4.79 Å². The van der Waals surface area contributed by atoms with E-state index in [2.05, 4.69) is 36.1 Å². The smallest absolute Gasteiger partial charge is 0.250 e. The van der Waals surface area contributed by atoms with Crippen LogP contribution in [0.3, 0.4) is 0 Å². The average Bonchev–Trinajstić information content (AvgIpc) is 3.15. The van der Waals surface area contributed by atoms with Gasteiger partial charge in [0, 0.05) is 30.4 Å². The molecule has 0 spiro atoms. The number of carbonyl (C=O) groups is 1. The molecule has 0 saturated carbocycles. The molecule has 1 saturated heterocycles. The number of primary amides is 1. The van der Waals surface area contributed by atoms with Crippen molar-refractivity contribution in [3.63, 3.8) is 0 Å². The molecule has 1 aromatic heterocycles. The molecular weight excluding hydrogens is 326 g/mol. The lowest BCUT2D eigenvalue weighted by Gasteiger charge is -2.32. The van der Waals surface area contributed by atoms with Gasteiger partial charge in [0.05, 0.1) is 24.5 Å². The highest BCUT2D eigenvalue weighted by atomic mass is 16.5. The summed E-state index contributed by atoms with van der Waals surface area (Å²) in [5, 5.41) is 0. The molecule has 136 valence electrons. The molecule has 5 heteroatoms. The van der Waals surface area contributed by atoms with E-state index in [4.69, 9.17) is 15.5 Å². The monoisotopic (exact) mass is 351 g/mol. The lowest BCUT2D eigenvalue weighted by Crippen LogP contribution is -2.37. The third-order valence-corrected chi connectivity index (χ3v) is 5.58. The van der Waals surface area contributed by atoms with Gasteiger partial charge in [-0.2, -0.15) is 0 Å². The number of nitrogens with zero attached hydrogens (tertiary/aromatic N) is 2. The van der Waals surface area contributed by atoms with Crippen molar-refractivity contribution >= 4 is 5.91 Å². The van der Waals surface area contributed by atoms with E-state index in [1.807, 2.05) is 6.07 Å². The second-order valence-corrected chi connectivity index (χ2v) is 7.15. The molecule has 5 nitrogen and oxygen atoms in total. The second-order valence-electron chi connectivity index (χ2n) is 7.15. The Bertz CT molecular complexity index is 811. The molecule has 1 aliphatic carbocycles. The maximum Gasteiger partial charge on any atom is 0.250 e. The molecule has 2 N–H and O–H groups in total. The highest BCUT2D eigenvalue weighted by molar-refractivity contribution is 5.99. The number of carbonyl (C=O) groups excluding carboxylic acids is 1. The van der Waals surface area contributed by atoms with Crippen molar-refractivity contribution in [3.05, 3.63) is 52.7 Å². The van der Waals surface area contributed by atoms with E-state index in [0.717, 1.165) is 56.8 Å². The number of nitrogens with two attached hydrogens (primary N) is 1. The fraction of sp³-hybridized carbons (Fsp3) is 0.429. The van der Waals surface area contributed by atoms with Crippen molar-refractivity contribution in [1.82, 2.24) is 9.88 Å². The van der Waals surface area contributed by atoms with Gasteiger partial charge in [-0.05, 0) is 43.4 Å². The van der Waals surface area contributed by atoms with E-state index in [0.29, 0.717) is 17.3 Å². The average molecular weight is 351 g/mol. The Morgan fingerprint density at radius 3 is 2.62 bits per heavy atom. The number of benzene rings is 1. The molecule has 2 heterocycles. The Balaban J connectivity index is 1.63. The molecule has 1 fully saturated rings. The quantitative estimate of drug-likeness (QED) is 0.920. The van der Waals surface area contributed by atoms with E-state index in [1.54, 1.807) is 0 Å². The summed E-state index contributed by atoms with van der Waals surface area (Å²) < 4.78 is 5.44. The summed E-state index contributed by atoms with van der Waals surface area (Å²) >= 11 is 0. The summed E-state index contributed by atoms with van der Waals surface area (Å²) in [6.07, 6.45) is 3.06. The highest BCUT2D eigenvalue weighted by Gasteiger charge is 2.21. The van der Waals surface area contributed by atoms with Gasteiger partial charge in [-0.3, -0.25) is 14.7 Å². The predicted octanol–water partition coefficient (Wildman–Crippen LogP) is 2.73. The Hall–Kier alpha value is -2.24. The van der Waals surface area contributed by atoms with Crippen LogP contribution >= 0.6 is 0 Å². The molecule has 1 amide bonds. The van der Waals surface area contributed by atoms with Crippen LogP contribution in [0.1, 0.15) is 46.6 Å². The Morgan fingerprint density at radius 1 is 1.19 bits per heavy atom. The van der Waals surface area contributed by atoms with Gasteiger partial charge in [0.1, 0.15) is 0 Å². The Kier molecular flexibility index (Phi) is 4.74. The number of ether oxygens (including phenoxy) is 1. The largest absolute Gasteiger partial charge is 0.379 e. The van der Waals surface area contributed by atoms with Gasteiger partial charge in [-0.25, -0.2) is 0 Å². The Labute approximate surface area is 154 Å². The maximum absolute atomic E-state index is 11.9. The molecule has 2 aliphatic rings. The second kappa shape index (κ2) is 7.17. The number of fused-ring (bicyclic) bond motifs is 1. The van der Waals surface area contributed by atoms with Crippen molar-refractivity contribution in [2.24, 2.45) is 5.73 Å². The number of rotatable bonds is 4. The normalized spacial score (nSPS) is 18.5. The molecule has 0 bridgehead atoms. The van der Waals surface area contributed by atoms with Crippen molar-refractivity contribution in [3.8, 4) is 11.3 Å². The number of aryl methyl sites for hydroxylation is 2. The molecule has 4 rings (SSSR count). The van der Waals surface area contributed by atoms with E-state index < -0.39 is 5.91 Å². The molecule has 26 heavy (non-hydrogen) atoms. The van der Waals surface area contributed by atoms with Crippen molar-refractivity contribution in [2.75, 3.05) is 26.3 Å². The third kappa shape index (κ3) is 3.24. The van der Waals surface area contributed by atoms with Crippen LogP contribution in [-0.2, 0) is 17.6 Å². The highest BCUT2D eigenvalue weighted by Crippen LogP contribution is 2.30. The molecule has 1 atom stereocenters. The van der Waals surface area contributed by atoms with Gasteiger partial charge >= 0.3 is 0 Å². The fourth-order valence-corrected chi connectivity index (χ4v) is 3.98. The fourth-order valence-electron chi connectivity index (χ4n) is 3.98. The zero-order valence-corrected chi connectivity index (χ0v) is 15.2. The third-order valence-electron chi connectivity index (χ3n) is 5.58. The first kappa shape index (κ1) is 17.2. The zero-order valence-electron chi connectivity index (χ0n) is 15.2. The summed E-state index contributed by atoms with van der Waals surface area (Å²) in [6.45, 7) is 5.73. The molecule has 0 unspecified atom stereocenters.